The number of hydrogen-bond donors (Lipinski definition) is 0. The first kappa shape index (κ1) is 12.9. The molecule has 0 amide bonds. The van der Waals surface area contributed by atoms with E-state index < -0.39 is 0 Å². The van der Waals surface area contributed by atoms with Crippen LogP contribution in [0.15, 0.2) is 35.9 Å². The summed E-state index contributed by atoms with van der Waals surface area (Å²) in [6.45, 7) is 6.46. The summed E-state index contributed by atoms with van der Waals surface area (Å²) in [5.41, 5.74) is 2.75. The topological polar surface area (TPSA) is 12.5 Å². The van der Waals surface area contributed by atoms with E-state index in [1.807, 2.05) is 0 Å². The van der Waals surface area contributed by atoms with Gasteiger partial charge < -0.3 is 4.74 Å². The summed E-state index contributed by atoms with van der Waals surface area (Å²) >= 11 is 0. The zero-order valence-electron chi connectivity index (χ0n) is 11.7. The van der Waals surface area contributed by atoms with Crippen molar-refractivity contribution in [3.05, 3.63) is 41.5 Å². The fraction of sp³-hybridized carbons (Fsp3) is 0.529. The molecule has 2 aliphatic heterocycles. The zero-order valence-corrected chi connectivity index (χ0v) is 11.7. The molecule has 0 radical (unpaired) electrons. The summed E-state index contributed by atoms with van der Waals surface area (Å²) in [5.74, 6) is 0.776. The lowest BCUT2D eigenvalue weighted by Gasteiger charge is -2.36. The van der Waals surface area contributed by atoms with E-state index in [2.05, 4.69) is 48.2 Å². The van der Waals surface area contributed by atoms with Crippen LogP contribution < -0.4 is 0 Å². The minimum absolute atomic E-state index is 0.660. The van der Waals surface area contributed by atoms with E-state index in [4.69, 9.17) is 4.74 Å². The maximum atomic E-state index is 5.66. The van der Waals surface area contributed by atoms with Crippen LogP contribution in [-0.2, 0) is 4.74 Å². The Balaban J connectivity index is 1.65. The molecule has 0 saturated carbocycles. The first-order valence-corrected chi connectivity index (χ1v) is 7.37. The first-order valence-electron chi connectivity index (χ1n) is 7.37. The van der Waals surface area contributed by atoms with Gasteiger partial charge in [-0.2, -0.15) is 0 Å². The standard InChI is InChI=1S/C17H23NO/c1-14(10-15-6-3-2-4-7-15)11-18-9-5-8-16-12-19-13-17(16)18/h2-4,6-7,10,16-17H,5,8-9,11-13H2,1H3/t16-,17+/m1/s1. The van der Waals surface area contributed by atoms with Crippen molar-refractivity contribution in [1.82, 2.24) is 4.90 Å². The molecule has 2 heterocycles. The van der Waals surface area contributed by atoms with Crippen LogP contribution in [0.1, 0.15) is 25.3 Å². The molecule has 1 aromatic rings. The number of nitrogens with zero attached hydrogens (tertiary/aromatic N) is 1. The molecule has 3 rings (SSSR count). The summed E-state index contributed by atoms with van der Waals surface area (Å²) in [6, 6.07) is 11.3. The molecule has 0 N–H and O–H groups in total. The van der Waals surface area contributed by atoms with Crippen molar-refractivity contribution in [1.29, 1.82) is 0 Å². The number of likely N-dealkylation sites (tertiary alicyclic amines) is 1. The highest BCUT2D eigenvalue weighted by molar-refractivity contribution is 5.52. The molecule has 2 nitrogen and oxygen atoms in total. The van der Waals surface area contributed by atoms with Crippen LogP contribution in [0.25, 0.3) is 6.08 Å². The average molecular weight is 257 g/mol. The Morgan fingerprint density at radius 2 is 2.16 bits per heavy atom. The van der Waals surface area contributed by atoms with Gasteiger partial charge in [0, 0.05) is 18.5 Å². The van der Waals surface area contributed by atoms with Crippen LogP contribution in [0.5, 0.6) is 0 Å². The quantitative estimate of drug-likeness (QED) is 0.824. The van der Waals surface area contributed by atoms with Gasteiger partial charge in [0.1, 0.15) is 0 Å². The van der Waals surface area contributed by atoms with E-state index in [9.17, 15) is 0 Å². The lowest BCUT2D eigenvalue weighted by molar-refractivity contribution is 0.128. The van der Waals surface area contributed by atoms with E-state index in [0.29, 0.717) is 6.04 Å². The Morgan fingerprint density at radius 1 is 1.32 bits per heavy atom. The summed E-state index contributed by atoms with van der Waals surface area (Å²) in [5, 5.41) is 0. The number of hydrogen-bond acceptors (Lipinski definition) is 2. The lowest BCUT2D eigenvalue weighted by atomic mass is 9.91. The fourth-order valence-electron chi connectivity index (χ4n) is 3.39. The summed E-state index contributed by atoms with van der Waals surface area (Å²) in [4.78, 5) is 2.62. The highest BCUT2D eigenvalue weighted by Gasteiger charge is 2.35. The summed E-state index contributed by atoms with van der Waals surface area (Å²) in [6.07, 6.45) is 4.98. The van der Waals surface area contributed by atoms with Gasteiger partial charge in [-0.1, -0.05) is 42.0 Å². The smallest absolute Gasteiger partial charge is 0.0625 e. The van der Waals surface area contributed by atoms with Gasteiger partial charge in [-0.25, -0.2) is 0 Å². The van der Waals surface area contributed by atoms with Gasteiger partial charge in [0.25, 0.3) is 0 Å². The molecular weight excluding hydrogens is 234 g/mol. The fourth-order valence-corrected chi connectivity index (χ4v) is 3.39. The predicted octanol–water partition coefficient (Wildman–Crippen LogP) is 3.20. The van der Waals surface area contributed by atoms with E-state index in [-0.39, 0.29) is 0 Å². The van der Waals surface area contributed by atoms with Crippen molar-refractivity contribution in [2.45, 2.75) is 25.8 Å². The van der Waals surface area contributed by atoms with Crippen molar-refractivity contribution in [3.8, 4) is 0 Å². The van der Waals surface area contributed by atoms with Gasteiger partial charge in [-0.3, -0.25) is 4.90 Å². The molecule has 2 saturated heterocycles. The molecule has 0 unspecified atom stereocenters. The highest BCUT2D eigenvalue weighted by atomic mass is 16.5. The van der Waals surface area contributed by atoms with E-state index >= 15 is 0 Å². The normalized spacial score (nSPS) is 28.4. The number of piperidine rings is 1. The molecule has 1 aromatic carbocycles. The van der Waals surface area contributed by atoms with Crippen LogP contribution in [-0.4, -0.2) is 37.2 Å². The van der Waals surface area contributed by atoms with Crippen LogP contribution in [0.4, 0.5) is 0 Å². The molecule has 19 heavy (non-hydrogen) atoms. The molecule has 2 heteroatoms. The van der Waals surface area contributed by atoms with Crippen molar-refractivity contribution in [2.75, 3.05) is 26.3 Å². The van der Waals surface area contributed by atoms with E-state index in [1.165, 1.54) is 30.5 Å². The Kier molecular flexibility index (Phi) is 4.00. The van der Waals surface area contributed by atoms with Crippen molar-refractivity contribution in [2.24, 2.45) is 5.92 Å². The molecule has 2 fully saturated rings. The van der Waals surface area contributed by atoms with Gasteiger partial charge in [0.2, 0.25) is 0 Å². The number of ether oxygens (including phenoxy) is 1. The van der Waals surface area contributed by atoms with E-state index in [0.717, 1.165) is 25.7 Å². The number of benzene rings is 1. The molecular formula is C17H23NO. The zero-order chi connectivity index (χ0) is 13.1. The Morgan fingerprint density at radius 3 is 3.00 bits per heavy atom. The van der Waals surface area contributed by atoms with Crippen LogP contribution in [0, 0.1) is 5.92 Å². The molecule has 2 atom stereocenters. The molecule has 0 aromatic heterocycles. The molecule has 0 bridgehead atoms. The van der Waals surface area contributed by atoms with Gasteiger partial charge in [-0.05, 0) is 31.9 Å². The maximum Gasteiger partial charge on any atom is 0.0625 e. The Hall–Kier alpha value is -1.12. The van der Waals surface area contributed by atoms with E-state index in [1.54, 1.807) is 0 Å². The predicted molar refractivity (Wildman–Crippen MR) is 79.0 cm³/mol. The number of rotatable bonds is 3. The van der Waals surface area contributed by atoms with Gasteiger partial charge in [0.05, 0.1) is 13.2 Å². The first-order chi connectivity index (χ1) is 9.33. The second-order valence-electron chi connectivity index (χ2n) is 5.88. The third kappa shape index (κ3) is 3.07. The van der Waals surface area contributed by atoms with Gasteiger partial charge in [0.15, 0.2) is 0 Å². The third-order valence-corrected chi connectivity index (χ3v) is 4.32. The van der Waals surface area contributed by atoms with Crippen molar-refractivity contribution < 1.29 is 4.74 Å². The Labute approximate surface area is 116 Å². The second-order valence-corrected chi connectivity index (χ2v) is 5.88. The maximum absolute atomic E-state index is 5.66. The van der Waals surface area contributed by atoms with Crippen molar-refractivity contribution in [3.63, 3.8) is 0 Å². The van der Waals surface area contributed by atoms with Crippen LogP contribution in [0.2, 0.25) is 0 Å². The molecule has 2 aliphatic rings. The van der Waals surface area contributed by atoms with Crippen LogP contribution in [0.3, 0.4) is 0 Å². The largest absolute Gasteiger partial charge is 0.379 e. The van der Waals surface area contributed by atoms with Gasteiger partial charge in [-0.15, -0.1) is 0 Å². The number of fused-ring (bicyclic) bond motifs is 1. The second kappa shape index (κ2) is 5.89. The Bertz CT molecular complexity index is 440. The molecule has 0 aliphatic carbocycles. The van der Waals surface area contributed by atoms with Crippen LogP contribution >= 0.6 is 0 Å². The highest BCUT2D eigenvalue weighted by Crippen LogP contribution is 2.29. The van der Waals surface area contributed by atoms with Crippen molar-refractivity contribution >= 4 is 6.08 Å². The minimum Gasteiger partial charge on any atom is -0.379 e. The summed E-state index contributed by atoms with van der Waals surface area (Å²) in [7, 11) is 0. The average Bonchev–Trinajstić information content (AvgIpc) is 2.89. The lowest BCUT2D eigenvalue weighted by Crippen LogP contribution is -2.45. The summed E-state index contributed by atoms with van der Waals surface area (Å²) < 4.78 is 5.66. The molecule has 102 valence electrons. The SMILES string of the molecule is CC(=Cc1ccccc1)CN1CCC[C@@H]2COC[C@@H]21. The monoisotopic (exact) mass is 257 g/mol. The third-order valence-electron chi connectivity index (χ3n) is 4.32. The molecule has 0 spiro atoms. The van der Waals surface area contributed by atoms with Gasteiger partial charge >= 0.3 is 0 Å². The minimum atomic E-state index is 0.660.